The fraction of sp³-hybridized carbons (Fsp3) is 0.333. The summed E-state index contributed by atoms with van der Waals surface area (Å²) in [6, 6.07) is 9.24. The second-order valence-electron chi connectivity index (χ2n) is 5.04. The molecule has 0 saturated carbocycles. The monoisotopic (exact) mass is 273 g/mol. The van der Waals surface area contributed by atoms with Gasteiger partial charge in [-0.1, -0.05) is 37.2 Å². The van der Waals surface area contributed by atoms with E-state index in [9.17, 15) is 0 Å². The highest BCUT2D eigenvalue weighted by Gasteiger charge is 2.10. The molecule has 1 aromatic heterocycles. The molecule has 20 heavy (non-hydrogen) atoms. The van der Waals surface area contributed by atoms with Gasteiger partial charge in [0.2, 0.25) is 5.88 Å². The number of hydrogen-bond donors (Lipinski definition) is 2. The molecule has 5 heteroatoms. The molecule has 0 aliphatic carbocycles. The third-order valence-electron chi connectivity index (χ3n) is 3.02. The lowest BCUT2D eigenvalue weighted by molar-refractivity contribution is 0.280. The molecule has 0 radical (unpaired) electrons. The molecule has 1 heterocycles. The molecule has 0 spiro atoms. The predicted octanol–water partition coefficient (Wildman–Crippen LogP) is 2.75. The van der Waals surface area contributed by atoms with Crippen LogP contribution in [0.4, 0.5) is 0 Å². The fourth-order valence-electron chi connectivity index (χ4n) is 1.89. The van der Waals surface area contributed by atoms with E-state index in [0.717, 1.165) is 17.3 Å². The molecule has 0 bridgehead atoms. The molecule has 2 aromatic rings. The first-order chi connectivity index (χ1) is 9.61. The van der Waals surface area contributed by atoms with Crippen LogP contribution in [0.15, 0.2) is 35.5 Å². The van der Waals surface area contributed by atoms with Crippen LogP contribution >= 0.6 is 0 Å². The van der Waals surface area contributed by atoms with Crippen LogP contribution in [0.5, 0.6) is 5.88 Å². The van der Waals surface area contributed by atoms with Gasteiger partial charge in [-0.15, -0.1) is 0 Å². The van der Waals surface area contributed by atoms with Crippen LogP contribution in [0.1, 0.15) is 25.8 Å². The van der Waals surface area contributed by atoms with Crippen LogP contribution in [0.2, 0.25) is 0 Å². The van der Waals surface area contributed by atoms with Crippen molar-refractivity contribution in [3.05, 3.63) is 35.9 Å². The lowest BCUT2D eigenvalue weighted by Crippen LogP contribution is -2.14. The molecule has 0 fully saturated rings. The van der Waals surface area contributed by atoms with E-state index in [1.807, 2.05) is 24.3 Å². The summed E-state index contributed by atoms with van der Waals surface area (Å²) in [5, 5.41) is 12.8. The molecule has 0 aliphatic rings. The minimum absolute atomic E-state index is 0.0531. The summed E-state index contributed by atoms with van der Waals surface area (Å²) < 4.78 is 5.66. The van der Waals surface area contributed by atoms with Crippen molar-refractivity contribution in [2.75, 3.05) is 6.61 Å². The highest BCUT2D eigenvalue weighted by atomic mass is 16.5. The summed E-state index contributed by atoms with van der Waals surface area (Å²) in [5.41, 5.74) is 7.11. The standard InChI is InChI=1S/C15H19N3O2/c1-10(2)7-8-20-14-9-12(15(16)18-19)11-5-3-4-6-13(11)17-14/h3-6,9-10,19H,7-8H2,1-2H3,(H2,16,18). The van der Waals surface area contributed by atoms with E-state index in [1.165, 1.54) is 0 Å². The molecule has 0 aliphatic heterocycles. The molecule has 106 valence electrons. The van der Waals surface area contributed by atoms with E-state index in [-0.39, 0.29) is 5.84 Å². The highest BCUT2D eigenvalue weighted by molar-refractivity contribution is 6.08. The first-order valence-corrected chi connectivity index (χ1v) is 6.62. The van der Waals surface area contributed by atoms with E-state index in [4.69, 9.17) is 15.7 Å². The zero-order valence-electron chi connectivity index (χ0n) is 11.7. The number of oxime groups is 1. The van der Waals surface area contributed by atoms with Crippen molar-refractivity contribution in [1.29, 1.82) is 0 Å². The fourth-order valence-corrected chi connectivity index (χ4v) is 1.89. The van der Waals surface area contributed by atoms with Gasteiger partial charge in [0.05, 0.1) is 12.1 Å². The molecule has 3 N–H and O–H groups in total. The molecule has 1 aromatic carbocycles. The molecule has 0 unspecified atom stereocenters. The smallest absolute Gasteiger partial charge is 0.214 e. The van der Waals surface area contributed by atoms with Gasteiger partial charge in [0.15, 0.2) is 5.84 Å². The van der Waals surface area contributed by atoms with Crippen molar-refractivity contribution in [3.8, 4) is 5.88 Å². The average Bonchev–Trinajstić information content (AvgIpc) is 2.45. The Balaban J connectivity index is 2.37. The van der Waals surface area contributed by atoms with E-state index < -0.39 is 0 Å². The Morgan fingerprint density at radius 2 is 2.15 bits per heavy atom. The van der Waals surface area contributed by atoms with Gasteiger partial charge in [-0.25, -0.2) is 4.98 Å². The van der Waals surface area contributed by atoms with Crippen molar-refractivity contribution in [1.82, 2.24) is 4.98 Å². The number of rotatable bonds is 5. The SMILES string of the molecule is CC(C)CCOc1cc(C(N)=NO)c2ccccc2n1. The van der Waals surface area contributed by atoms with Gasteiger partial charge in [-0.05, 0) is 18.4 Å². The van der Waals surface area contributed by atoms with E-state index in [1.54, 1.807) is 6.07 Å². The maximum absolute atomic E-state index is 8.89. The Morgan fingerprint density at radius 1 is 1.40 bits per heavy atom. The zero-order valence-corrected chi connectivity index (χ0v) is 11.7. The van der Waals surface area contributed by atoms with Crippen molar-refractivity contribution in [2.45, 2.75) is 20.3 Å². The molecular formula is C15H19N3O2. The lowest BCUT2D eigenvalue weighted by atomic mass is 10.1. The summed E-state index contributed by atoms with van der Waals surface area (Å²) in [5.74, 6) is 1.11. The lowest BCUT2D eigenvalue weighted by Gasteiger charge is -2.10. The summed E-state index contributed by atoms with van der Waals surface area (Å²) in [6.07, 6.45) is 0.952. The first kappa shape index (κ1) is 14.1. The summed E-state index contributed by atoms with van der Waals surface area (Å²) in [6.45, 7) is 4.87. The molecular weight excluding hydrogens is 254 g/mol. The Kier molecular flexibility index (Phi) is 4.40. The van der Waals surface area contributed by atoms with E-state index >= 15 is 0 Å². The predicted molar refractivity (Wildman–Crippen MR) is 79.2 cm³/mol. The minimum Gasteiger partial charge on any atom is -0.478 e. The normalized spacial score (nSPS) is 12.1. The summed E-state index contributed by atoms with van der Waals surface area (Å²) in [4.78, 5) is 4.44. The Morgan fingerprint density at radius 3 is 2.85 bits per heavy atom. The minimum atomic E-state index is 0.0531. The largest absolute Gasteiger partial charge is 0.478 e. The quantitative estimate of drug-likeness (QED) is 0.380. The van der Waals surface area contributed by atoms with Gasteiger partial charge in [-0.3, -0.25) is 0 Å². The van der Waals surface area contributed by atoms with Gasteiger partial charge in [0.25, 0.3) is 0 Å². The third kappa shape index (κ3) is 3.17. The van der Waals surface area contributed by atoms with E-state index in [0.29, 0.717) is 24.0 Å². The van der Waals surface area contributed by atoms with Gasteiger partial charge in [0.1, 0.15) is 0 Å². The molecule has 0 saturated heterocycles. The Bertz CT molecular complexity index is 624. The first-order valence-electron chi connectivity index (χ1n) is 6.62. The summed E-state index contributed by atoms with van der Waals surface area (Å²) >= 11 is 0. The molecule has 0 amide bonds. The number of aromatic nitrogens is 1. The number of amidine groups is 1. The molecule has 5 nitrogen and oxygen atoms in total. The maximum atomic E-state index is 8.89. The van der Waals surface area contributed by atoms with Crippen molar-refractivity contribution >= 4 is 16.7 Å². The second-order valence-corrected chi connectivity index (χ2v) is 5.04. The average molecular weight is 273 g/mol. The van der Waals surface area contributed by atoms with Crippen LogP contribution < -0.4 is 10.5 Å². The zero-order chi connectivity index (χ0) is 14.5. The van der Waals surface area contributed by atoms with Crippen molar-refractivity contribution < 1.29 is 9.94 Å². The van der Waals surface area contributed by atoms with Crippen molar-refractivity contribution in [3.63, 3.8) is 0 Å². The highest BCUT2D eigenvalue weighted by Crippen LogP contribution is 2.22. The number of nitrogens with two attached hydrogens (primary N) is 1. The van der Waals surface area contributed by atoms with Crippen LogP contribution in [0, 0.1) is 5.92 Å². The van der Waals surface area contributed by atoms with Crippen LogP contribution in [-0.2, 0) is 0 Å². The van der Waals surface area contributed by atoms with Crippen LogP contribution in [0.3, 0.4) is 0 Å². The van der Waals surface area contributed by atoms with Gasteiger partial charge in [-0.2, -0.15) is 0 Å². The van der Waals surface area contributed by atoms with Crippen LogP contribution in [-0.4, -0.2) is 22.6 Å². The molecule has 0 atom stereocenters. The topological polar surface area (TPSA) is 80.7 Å². The number of nitrogens with zero attached hydrogens (tertiary/aromatic N) is 2. The van der Waals surface area contributed by atoms with Gasteiger partial charge in [0, 0.05) is 17.0 Å². The Hall–Kier alpha value is -2.30. The van der Waals surface area contributed by atoms with E-state index in [2.05, 4.69) is 24.0 Å². The maximum Gasteiger partial charge on any atom is 0.214 e. The number of ether oxygens (including phenoxy) is 1. The second kappa shape index (κ2) is 6.23. The van der Waals surface area contributed by atoms with Crippen molar-refractivity contribution in [2.24, 2.45) is 16.8 Å². The Labute approximate surface area is 118 Å². The number of para-hydroxylation sites is 1. The van der Waals surface area contributed by atoms with Gasteiger partial charge < -0.3 is 15.7 Å². The molecule has 2 rings (SSSR count). The number of hydrogen-bond acceptors (Lipinski definition) is 4. The number of pyridine rings is 1. The third-order valence-corrected chi connectivity index (χ3v) is 3.02. The van der Waals surface area contributed by atoms with Gasteiger partial charge >= 0.3 is 0 Å². The van der Waals surface area contributed by atoms with Crippen LogP contribution in [0.25, 0.3) is 10.9 Å². The number of benzene rings is 1. The number of fused-ring (bicyclic) bond motifs is 1. The summed E-state index contributed by atoms with van der Waals surface area (Å²) in [7, 11) is 0.